The summed E-state index contributed by atoms with van der Waals surface area (Å²) < 4.78 is 20.2. The molecule has 0 aliphatic heterocycles. The normalized spacial score (nSPS) is 11.8. The fourth-order valence-electron chi connectivity index (χ4n) is 2.45. The van der Waals surface area contributed by atoms with Gasteiger partial charge in [-0.15, -0.1) is 0 Å². The first-order valence-corrected chi connectivity index (χ1v) is 12.8. The van der Waals surface area contributed by atoms with Crippen LogP contribution in [0.4, 0.5) is 0 Å². The van der Waals surface area contributed by atoms with E-state index in [9.17, 15) is 0 Å². The molecule has 0 heterocycles. The topological polar surface area (TPSA) is 27.7 Å². The summed E-state index contributed by atoms with van der Waals surface area (Å²) in [5.41, 5.74) is 1.33. The molecule has 1 rings (SSSR count). The monoisotopic (exact) mass is 478 g/mol. The minimum atomic E-state index is -2.61. The summed E-state index contributed by atoms with van der Waals surface area (Å²) in [6.45, 7) is 8.80. The van der Waals surface area contributed by atoms with E-state index in [1.54, 1.807) is 0 Å². The minimum Gasteiger partial charge on any atom is -0.373 e. The fraction of sp³-hybridized carbons (Fsp3) is 0.700. The molecule has 5 heteroatoms. The van der Waals surface area contributed by atoms with Gasteiger partial charge < -0.3 is 13.3 Å². The Bertz CT molecular complexity index is 430. The molecule has 0 saturated carbocycles. The highest BCUT2D eigenvalue weighted by Gasteiger charge is 2.40. The molecule has 25 heavy (non-hydrogen) atoms. The molecule has 0 aliphatic carbocycles. The van der Waals surface area contributed by atoms with E-state index in [0.717, 1.165) is 70.8 Å². The summed E-state index contributed by atoms with van der Waals surface area (Å²) >= 11 is 2.37. The molecule has 0 fully saturated rings. The van der Waals surface area contributed by atoms with Crippen LogP contribution in [0, 0.1) is 3.57 Å². The van der Waals surface area contributed by atoms with Crippen molar-refractivity contribution in [3.05, 3.63) is 33.4 Å². The molecule has 0 saturated heterocycles. The summed E-state index contributed by atoms with van der Waals surface area (Å²) in [7, 11) is -2.61. The number of aryl methyl sites for hydroxylation is 1. The van der Waals surface area contributed by atoms with Gasteiger partial charge in [-0.25, -0.2) is 0 Å². The Kier molecular flexibility index (Phi) is 13.1. The number of benzene rings is 1. The van der Waals surface area contributed by atoms with Crippen LogP contribution in [0.3, 0.4) is 0 Å². The molecular weight excluding hydrogens is 443 g/mol. The summed E-state index contributed by atoms with van der Waals surface area (Å²) in [5, 5.41) is 0. The molecule has 3 nitrogen and oxygen atoms in total. The minimum absolute atomic E-state index is 0.743. The van der Waals surface area contributed by atoms with Crippen LogP contribution in [0.5, 0.6) is 0 Å². The third-order valence-electron chi connectivity index (χ3n) is 4.07. The molecule has 0 amide bonds. The van der Waals surface area contributed by atoms with Crippen molar-refractivity contribution in [1.82, 2.24) is 0 Å². The summed E-state index contributed by atoms with van der Waals surface area (Å²) in [5.74, 6) is 0. The lowest BCUT2D eigenvalue weighted by Crippen LogP contribution is -2.47. The van der Waals surface area contributed by atoms with Crippen LogP contribution in [0.25, 0.3) is 0 Å². The van der Waals surface area contributed by atoms with Gasteiger partial charge in [0.25, 0.3) is 0 Å². The van der Waals surface area contributed by atoms with E-state index in [4.69, 9.17) is 13.3 Å². The molecular formula is C20H35IO3Si. The number of hydrogen-bond donors (Lipinski definition) is 0. The first kappa shape index (κ1) is 23.1. The molecule has 0 bridgehead atoms. The van der Waals surface area contributed by atoms with Crippen molar-refractivity contribution in [2.45, 2.75) is 71.8 Å². The third-order valence-corrected chi connectivity index (χ3v) is 7.53. The van der Waals surface area contributed by atoms with E-state index < -0.39 is 8.80 Å². The standard InChI is InChI=1S/C20H35IO3Si/c1-4-7-14-22-25(23-15-8-5-2,24-16-9-6-3)17-13-19-11-10-12-20(21)18-19/h10-12,18H,4-9,13-17H2,1-3H3. The second-order valence-corrected chi connectivity index (χ2v) is 10.4. The van der Waals surface area contributed by atoms with Crippen molar-refractivity contribution >= 4 is 31.4 Å². The quantitative estimate of drug-likeness (QED) is 0.170. The van der Waals surface area contributed by atoms with Crippen LogP contribution in [-0.4, -0.2) is 28.6 Å². The smallest absolute Gasteiger partial charge is 0.373 e. The van der Waals surface area contributed by atoms with Gasteiger partial charge >= 0.3 is 8.80 Å². The van der Waals surface area contributed by atoms with Crippen LogP contribution in [0.1, 0.15) is 64.9 Å². The number of unbranched alkanes of at least 4 members (excludes halogenated alkanes) is 3. The van der Waals surface area contributed by atoms with E-state index in [-0.39, 0.29) is 0 Å². The van der Waals surface area contributed by atoms with Gasteiger partial charge in [-0.05, 0) is 66.0 Å². The van der Waals surface area contributed by atoms with Crippen LogP contribution in [-0.2, 0) is 19.7 Å². The molecule has 1 aromatic rings. The van der Waals surface area contributed by atoms with Crippen molar-refractivity contribution in [1.29, 1.82) is 0 Å². The van der Waals surface area contributed by atoms with Crippen molar-refractivity contribution in [3.8, 4) is 0 Å². The third kappa shape index (κ3) is 10.1. The van der Waals surface area contributed by atoms with Crippen LogP contribution < -0.4 is 0 Å². The molecule has 0 aromatic heterocycles. The Morgan fingerprint density at radius 2 is 1.36 bits per heavy atom. The van der Waals surface area contributed by atoms with Gasteiger partial charge in [0.05, 0.1) is 0 Å². The highest BCUT2D eigenvalue weighted by Crippen LogP contribution is 2.22. The predicted molar refractivity (Wildman–Crippen MR) is 116 cm³/mol. The highest BCUT2D eigenvalue weighted by atomic mass is 127. The fourth-order valence-corrected chi connectivity index (χ4v) is 5.70. The largest absolute Gasteiger partial charge is 0.501 e. The lowest BCUT2D eigenvalue weighted by atomic mass is 10.2. The van der Waals surface area contributed by atoms with Crippen LogP contribution >= 0.6 is 22.6 Å². The van der Waals surface area contributed by atoms with Crippen molar-refractivity contribution < 1.29 is 13.3 Å². The van der Waals surface area contributed by atoms with Crippen LogP contribution in [0.2, 0.25) is 6.04 Å². The second-order valence-electron chi connectivity index (χ2n) is 6.42. The Morgan fingerprint density at radius 3 is 1.80 bits per heavy atom. The molecule has 0 atom stereocenters. The van der Waals surface area contributed by atoms with E-state index in [0.29, 0.717) is 0 Å². The van der Waals surface area contributed by atoms with Gasteiger partial charge in [-0.3, -0.25) is 0 Å². The van der Waals surface area contributed by atoms with Crippen molar-refractivity contribution in [2.24, 2.45) is 0 Å². The Hall–Kier alpha value is 0.0469. The molecule has 0 radical (unpaired) electrons. The zero-order chi connectivity index (χ0) is 18.4. The Labute approximate surface area is 169 Å². The van der Waals surface area contributed by atoms with Gasteiger partial charge in [0, 0.05) is 29.4 Å². The second kappa shape index (κ2) is 14.1. The molecule has 1 aromatic carbocycles. The Balaban J connectivity index is 2.77. The Morgan fingerprint density at radius 1 is 0.840 bits per heavy atom. The maximum absolute atomic E-state index is 6.31. The zero-order valence-corrected chi connectivity index (χ0v) is 19.3. The van der Waals surface area contributed by atoms with E-state index in [1.165, 1.54) is 9.13 Å². The average molecular weight is 478 g/mol. The molecule has 0 aliphatic rings. The van der Waals surface area contributed by atoms with Gasteiger partial charge in [-0.2, -0.15) is 0 Å². The number of hydrogen-bond acceptors (Lipinski definition) is 3. The maximum Gasteiger partial charge on any atom is 0.501 e. The van der Waals surface area contributed by atoms with Crippen molar-refractivity contribution in [2.75, 3.05) is 19.8 Å². The maximum atomic E-state index is 6.31. The highest BCUT2D eigenvalue weighted by molar-refractivity contribution is 14.1. The van der Waals surface area contributed by atoms with Gasteiger partial charge in [0.15, 0.2) is 0 Å². The van der Waals surface area contributed by atoms with Gasteiger partial charge in [0.1, 0.15) is 0 Å². The molecule has 0 unspecified atom stereocenters. The van der Waals surface area contributed by atoms with E-state index in [2.05, 4.69) is 67.6 Å². The van der Waals surface area contributed by atoms with E-state index >= 15 is 0 Å². The predicted octanol–water partition coefficient (Wildman–Crippen LogP) is 6.22. The number of rotatable bonds is 15. The molecule has 0 N–H and O–H groups in total. The van der Waals surface area contributed by atoms with Gasteiger partial charge in [0.2, 0.25) is 0 Å². The lowest BCUT2D eigenvalue weighted by Gasteiger charge is -2.30. The summed E-state index contributed by atoms with van der Waals surface area (Å²) in [4.78, 5) is 0. The summed E-state index contributed by atoms with van der Waals surface area (Å²) in [6, 6.07) is 9.54. The van der Waals surface area contributed by atoms with Gasteiger partial charge in [-0.1, -0.05) is 52.2 Å². The summed E-state index contributed by atoms with van der Waals surface area (Å²) in [6.07, 6.45) is 7.53. The SMILES string of the molecule is CCCCO[Si](CCc1cccc(I)c1)(OCCCC)OCCCC. The average Bonchev–Trinajstić information content (AvgIpc) is 2.61. The van der Waals surface area contributed by atoms with Crippen molar-refractivity contribution in [3.63, 3.8) is 0 Å². The first-order chi connectivity index (χ1) is 12.2. The zero-order valence-electron chi connectivity index (χ0n) is 16.2. The molecule has 144 valence electrons. The molecule has 0 spiro atoms. The van der Waals surface area contributed by atoms with E-state index in [1.807, 2.05) is 0 Å². The number of halogens is 1. The van der Waals surface area contributed by atoms with Crippen LogP contribution in [0.15, 0.2) is 24.3 Å². The lowest BCUT2D eigenvalue weighted by molar-refractivity contribution is 0.0564. The first-order valence-electron chi connectivity index (χ1n) is 9.82.